The predicted molar refractivity (Wildman–Crippen MR) is 84.6 cm³/mol. The van der Waals surface area contributed by atoms with Crippen molar-refractivity contribution in [3.63, 3.8) is 0 Å². The fraction of sp³-hybridized carbons (Fsp3) is 0.600. The molecule has 1 aromatic carbocycles. The van der Waals surface area contributed by atoms with Gasteiger partial charge in [-0.15, -0.1) is 0 Å². The van der Waals surface area contributed by atoms with Crippen molar-refractivity contribution in [2.24, 2.45) is 11.8 Å². The van der Waals surface area contributed by atoms with Crippen molar-refractivity contribution in [1.82, 2.24) is 4.72 Å². The van der Waals surface area contributed by atoms with E-state index in [9.17, 15) is 8.42 Å². The molecule has 0 aromatic heterocycles. The highest BCUT2D eigenvalue weighted by Gasteiger charge is 2.32. The summed E-state index contributed by atoms with van der Waals surface area (Å²) in [6.45, 7) is 4.41. The smallest absolute Gasteiger partial charge is 0.215 e. The number of ether oxygens (including phenoxy) is 1. The van der Waals surface area contributed by atoms with Crippen LogP contribution in [0.3, 0.4) is 0 Å². The van der Waals surface area contributed by atoms with E-state index in [1.165, 1.54) is 0 Å². The molecule has 2 rings (SSSR count). The minimum Gasteiger partial charge on any atom is -0.492 e. The first kappa shape index (κ1) is 16.1. The molecule has 0 radical (unpaired) electrons. The molecule has 0 aliphatic heterocycles. The van der Waals surface area contributed by atoms with Gasteiger partial charge in [0.05, 0.1) is 5.75 Å². The quantitative estimate of drug-likeness (QED) is 0.787. The molecule has 3 atom stereocenters. The molecule has 0 saturated heterocycles. The largest absolute Gasteiger partial charge is 0.492 e. The maximum Gasteiger partial charge on any atom is 0.215 e. The zero-order valence-corrected chi connectivity index (χ0v) is 13.4. The summed E-state index contributed by atoms with van der Waals surface area (Å²) in [5.74, 6) is 1.55. The van der Waals surface area contributed by atoms with E-state index < -0.39 is 10.0 Å². The van der Waals surface area contributed by atoms with E-state index in [-0.39, 0.29) is 18.4 Å². The van der Waals surface area contributed by atoms with Crippen molar-refractivity contribution in [3.05, 3.63) is 24.3 Å². The second-order valence-electron chi connectivity index (χ2n) is 5.87. The third kappa shape index (κ3) is 4.61. The van der Waals surface area contributed by atoms with Crippen molar-refractivity contribution in [2.75, 3.05) is 18.1 Å². The van der Waals surface area contributed by atoms with Gasteiger partial charge in [0.2, 0.25) is 10.0 Å². The Morgan fingerprint density at radius 1 is 1.24 bits per heavy atom. The third-order valence-corrected chi connectivity index (χ3v) is 5.66. The predicted octanol–water partition coefficient (Wildman–Crippen LogP) is 2.00. The molecule has 0 spiro atoms. The third-order valence-electron chi connectivity index (χ3n) is 4.30. The molecule has 1 aromatic rings. The molecule has 0 amide bonds. The van der Waals surface area contributed by atoms with Gasteiger partial charge in [0.25, 0.3) is 0 Å². The van der Waals surface area contributed by atoms with Crippen LogP contribution in [0.1, 0.15) is 26.7 Å². The average Bonchev–Trinajstić information content (AvgIpc) is 2.72. The molecule has 21 heavy (non-hydrogen) atoms. The Balaban J connectivity index is 1.80. The lowest BCUT2D eigenvalue weighted by Crippen LogP contribution is -2.39. The first-order chi connectivity index (χ1) is 9.87. The lowest BCUT2D eigenvalue weighted by molar-refractivity contribution is 0.339. The number of benzene rings is 1. The molecule has 3 unspecified atom stereocenters. The highest BCUT2D eigenvalue weighted by molar-refractivity contribution is 7.89. The van der Waals surface area contributed by atoms with Gasteiger partial charge in [0.1, 0.15) is 12.4 Å². The van der Waals surface area contributed by atoms with Gasteiger partial charge >= 0.3 is 0 Å². The highest BCUT2D eigenvalue weighted by atomic mass is 32.2. The van der Waals surface area contributed by atoms with E-state index in [4.69, 9.17) is 10.5 Å². The van der Waals surface area contributed by atoms with Crippen LogP contribution in [-0.2, 0) is 10.0 Å². The Kier molecular flexibility index (Phi) is 5.11. The maximum absolute atomic E-state index is 12.1. The van der Waals surface area contributed by atoms with Crippen molar-refractivity contribution in [3.8, 4) is 5.75 Å². The zero-order valence-electron chi connectivity index (χ0n) is 12.6. The summed E-state index contributed by atoms with van der Waals surface area (Å²) >= 11 is 0. The second kappa shape index (κ2) is 6.66. The van der Waals surface area contributed by atoms with Gasteiger partial charge in [0.15, 0.2) is 0 Å². The Morgan fingerprint density at radius 3 is 2.48 bits per heavy atom. The fourth-order valence-corrected chi connectivity index (χ4v) is 3.87. The first-order valence-electron chi connectivity index (χ1n) is 7.36. The molecule has 6 heteroatoms. The normalized spacial score (nSPS) is 25.9. The average molecular weight is 312 g/mol. The van der Waals surface area contributed by atoms with Gasteiger partial charge in [-0.3, -0.25) is 0 Å². The monoisotopic (exact) mass is 312 g/mol. The fourth-order valence-electron chi connectivity index (χ4n) is 2.65. The van der Waals surface area contributed by atoms with E-state index >= 15 is 0 Å². The van der Waals surface area contributed by atoms with Crippen molar-refractivity contribution in [2.45, 2.75) is 32.7 Å². The Labute approximate surface area is 126 Å². The number of nitrogens with two attached hydrogens (primary N) is 1. The molecule has 1 aliphatic carbocycles. The summed E-state index contributed by atoms with van der Waals surface area (Å²) < 4.78 is 32.4. The van der Waals surface area contributed by atoms with Crippen molar-refractivity contribution < 1.29 is 13.2 Å². The first-order valence-corrected chi connectivity index (χ1v) is 9.01. The van der Waals surface area contributed by atoms with Crippen LogP contribution in [0.5, 0.6) is 5.75 Å². The number of nitrogens with one attached hydrogen (secondary N) is 1. The molecule has 1 saturated carbocycles. The molecule has 5 nitrogen and oxygen atoms in total. The van der Waals surface area contributed by atoms with Gasteiger partial charge < -0.3 is 10.5 Å². The maximum atomic E-state index is 12.1. The Morgan fingerprint density at radius 2 is 1.90 bits per heavy atom. The molecular formula is C15H24N2O3S. The minimum atomic E-state index is -3.30. The number of hydrogen-bond donors (Lipinski definition) is 2. The number of anilines is 1. The number of nitrogen functional groups attached to an aromatic ring is 1. The van der Waals surface area contributed by atoms with Crippen LogP contribution in [0, 0.1) is 11.8 Å². The van der Waals surface area contributed by atoms with E-state index in [2.05, 4.69) is 18.6 Å². The van der Waals surface area contributed by atoms with Crippen LogP contribution in [0.15, 0.2) is 24.3 Å². The van der Waals surface area contributed by atoms with Crippen LogP contribution in [-0.4, -0.2) is 26.8 Å². The van der Waals surface area contributed by atoms with E-state index in [1.54, 1.807) is 24.3 Å². The van der Waals surface area contributed by atoms with E-state index in [0.29, 0.717) is 23.3 Å². The molecule has 0 heterocycles. The number of sulfonamides is 1. The molecule has 118 valence electrons. The van der Waals surface area contributed by atoms with Gasteiger partial charge in [-0.05, 0) is 48.9 Å². The second-order valence-corrected chi connectivity index (χ2v) is 7.75. The van der Waals surface area contributed by atoms with E-state index in [1.807, 2.05) is 0 Å². The SMILES string of the molecule is CC1CCC(NS(=O)(=O)CCOc2ccc(N)cc2)C1C. The summed E-state index contributed by atoms with van der Waals surface area (Å²) in [6, 6.07) is 6.97. The molecular weight excluding hydrogens is 288 g/mol. The standard InChI is InChI=1S/C15H24N2O3S/c1-11-3-8-15(12(11)2)17-21(18,19)10-9-20-14-6-4-13(16)5-7-14/h4-7,11-12,15,17H,3,8-10,16H2,1-2H3. The molecule has 0 bridgehead atoms. The van der Waals surface area contributed by atoms with Gasteiger partial charge in [0, 0.05) is 11.7 Å². The summed E-state index contributed by atoms with van der Waals surface area (Å²) in [6.07, 6.45) is 2.00. The van der Waals surface area contributed by atoms with Crippen LogP contribution in [0.4, 0.5) is 5.69 Å². The Hall–Kier alpha value is -1.27. The summed E-state index contributed by atoms with van der Waals surface area (Å²) in [5, 5.41) is 0. The van der Waals surface area contributed by atoms with Gasteiger partial charge in [-0.25, -0.2) is 13.1 Å². The summed E-state index contributed by atoms with van der Waals surface area (Å²) in [4.78, 5) is 0. The lowest BCUT2D eigenvalue weighted by atomic mass is 9.98. The molecule has 1 fully saturated rings. The van der Waals surface area contributed by atoms with Crippen molar-refractivity contribution >= 4 is 15.7 Å². The lowest BCUT2D eigenvalue weighted by Gasteiger charge is -2.19. The Bertz CT molecular complexity index is 557. The number of hydrogen-bond acceptors (Lipinski definition) is 4. The summed E-state index contributed by atoms with van der Waals surface area (Å²) in [7, 11) is -3.30. The van der Waals surface area contributed by atoms with E-state index in [0.717, 1.165) is 12.8 Å². The van der Waals surface area contributed by atoms with Crippen LogP contribution >= 0.6 is 0 Å². The van der Waals surface area contributed by atoms with Gasteiger partial charge in [-0.1, -0.05) is 13.8 Å². The number of rotatable bonds is 6. The van der Waals surface area contributed by atoms with Gasteiger partial charge in [-0.2, -0.15) is 0 Å². The molecule has 3 N–H and O–H groups in total. The van der Waals surface area contributed by atoms with Crippen LogP contribution in [0.25, 0.3) is 0 Å². The molecule has 1 aliphatic rings. The minimum absolute atomic E-state index is 0.0328. The highest BCUT2D eigenvalue weighted by Crippen LogP contribution is 2.31. The van der Waals surface area contributed by atoms with Crippen LogP contribution < -0.4 is 15.2 Å². The topological polar surface area (TPSA) is 81.4 Å². The zero-order chi connectivity index (χ0) is 15.5. The van der Waals surface area contributed by atoms with Crippen molar-refractivity contribution in [1.29, 1.82) is 0 Å². The summed E-state index contributed by atoms with van der Waals surface area (Å²) in [5.41, 5.74) is 6.23. The van der Waals surface area contributed by atoms with Crippen LogP contribution in [0.2, 0.25) is 0 Å².